The fraction of sp³-hybridized carbons (Fsp3) is 0.0870. The topological polar surface area (TPSA) is 24.4 Å². The SMILES string of the molecule is FC(F)(F)c1ccc(N=C(C=CNc2cccc(C(F)(F)F)c2)c2ccc(Br)cc2)cc1. The molecule has 0 aromatic heterocycles. The van der Waals surface area contributed by atoms with Crippen LogP contribution in [0.25, 0.3) is 0 Å². The van der Waals surface area contributed by atoms with E-state index in [-0.39, 0.29) is 5.69 Å². The maximum Gasteiger partial charge on any atom is 0.416 e. The summed E-state index contributed by atoms with van der Waals surface area (Å²) in [4.78, 5) is 4.40. The highest BCUT2D eigenvalue weighted by atomic mass is 79.9. The zero-order valence-electron chi connectivity index (χ0n) is 16.2. The van der Waals surface area contributed by atoms with E-state index < -0.39 is 23.5 Å². The first-order chi connectivity index (χ1) is 15.0. The lowest BCUT2D eigenvalue weighted by molar-refractivity contribution is -0.138. The van der Waals surface area contributed by atoms with Gasteiger partial charge in [-0.2, -0.15) is 26.3 Å². The minimum Gasteiger partial charge on any atom is -0.362 e. The van der Waals surface area contributed by atoms with Gasteiger partial charge in [0.05, 0.1) is 22.5 Å². The van der Waals surface area contributed by atoms with E-state index in [1.807, 2.05) is 0 Å². The number of nitrogens with one attached hydrogen (secondary N) is 1. The molecule has 0 bridgehead atoms. The highest BCUT2D eigenvalue weighted by Crippen LogP contribution is 2.31. The van der Waals surface area contributed by atoms with Gasteiger partial charge in [-0.25, -0.2) is 4.99 Å². The Bertz CT molecular complexity index is 1110. The number of rotatable bonds is 5. The molecule has 0 radical (unpaired) electrons. The molecular weight excluding hydrogens is 498 g/mol. The summed E-state index contributed by atoms with van der Waals surface area (Å²) in [6, 6.07) is 16.1. The number of hydrogen-bond acceptors (Lipinski definition) is 2. The van der Waals surface area contributed by atoms with Crippen LogP contribution in [0.15, 0.2) is 94.5 Å². The van der Waals surface area contributed by atoms with E-state index in [0.29, 0.717) is 17.0 Å². The summed E-state index contributed by atoms with van der Waals surface area (Å²) < 4.78 is 77.8. The normalized spacial score (nSPS) is 12.9. The molecule has 0 saturated carbocycles. The minimum atomic E-state index is -4.46. The number of halogens is 7. The van der Waals surface area contributed by atoms with E-state index in [9.17, 15) is 26.3 Å². The monoisotopic (exact) mass is 512 g/mol. The first-order valence-electron chi connectivity index (χ1n) is 9.14. The fourth-order valence-electron chi connectivity index (χ4n) is 2.68. The van der Waals surface area contributed by atoms with Crippen molar-refractivity contribution in [1.82, 2.24) is 0 Å². The molecule has 0 fully saturated rings. The number of alkyl halides is 6. The van der Waals surface area contributed by atoms with Crippen LogP contribution in [0.4, 0.5) is 37.7 Å². The molecule has 3 aromatic rings. The second-order valence-electron chi connectivity index (χ2n) is 6.60. The molecule has 1 N–H and O–H groups in total. The number of benzene rings is 3. The van der Waals surface area contributed by atoms with Crippen molar-refractivity contribution in [3.8, 4) is 0 Å². The van der Waals surface area contributed by atoms with Gasteiger partial charge in [0.25, 0.3) is 0 Å². The van der Waals surface area contributed by atoms with Crippen molar-refractivity contribution in [3.05, 3.63) is 106 Å². The lowest BCUT2D eigenvalue weighted by Crippen LogP contribution is -2.05. The van der Waals surface area contributed by atoms with Crippen LogP contribution in [0.1, 0.15) is 16.7 Å². The maximum absolute atomic E-state index is 12.9. The zero-order valence-corrected chi connectivity index (χ0v) is 17.8. The van der Waals surface area contributed by atoms with Gasteiger partial charge in [0, 0.05) is 21.9 Å². The third kappa shape index (κ3) is 6.46. The first-order valence-corrected chi connectivity index (χ1v) is 9.94. The summed E-state index contributed by atoms with van der Waals surface area (Å²) >= 11 is 3.33. The van der Waals surface area contributed by atoms with E-state index in [0.717, 1.165) is 28.7 Å². The standard InChI is InChI=1S/C23H15BrF6N2/c24-18-8-4-15(5-9-18)21(32-19-10-6-16(7-11-19)22(25,26)27)12-13-31-20-3-1-2-17(14-20)23(28,29)30/h1-14,31H. The summed E-state index contributed by atoms with van der Waals surface area (Å²) in [7, 11) is 0. The van der Waals surface area contributed by atoms with Crippen LogP contribution in [0.2, 0.25) is 0 Å². The van der Waals surface area contributed by atoms with Crippen molar-refractivity contribution in [1.29, 1.82) is 0 Å². The molecule has 32 heavy (non-hydrogen) atoms. The number of anilines is 1. The molecule has 0 aliphatic rings. The smallest absolute Gasteiger partial charge is 0.362 e. The molecule has 3 rings (SSSR count). The van der Waals surface area contributed by atoms with Crippen LogP contribution in [-0.2, 0) is 12.4 Å². The molecule has 9 heteroatoms. The van der Waals surface area contributed by atoms with E-state index in [1.54, 1.807) is 24.3 Å². The summed E-state index contributed by atoms with van der Waals surface area (Å²) in [5.74, 6) is 0. The van der Waals surface area contributed by atoms with Gasteiger partial charge in [-0.15, -0.1) is 0 Å². The van der Waals surface area contributed by atoms with Gasteiger partial charge >= 0.3 is 12.4 Å². The Morgan fingerprint density at radius 3 is 2.00 bits per heavy atom. The van der Waals surface area contributed by atoms with Gasteiger partial charge < -0.3 is 5.32 Å². The van der Waals surface area contributed by atoms with Crippen LogP contribution in [-0.4, -0.2) is 5.71 Å². The summed E-state index contributed by atoms with van der Waals surface area (Å²) in [6.07, 6.45) is -5.97. The molecule has 0 aliphatic heterocycles. The molecule has 0 unspecified atom stereocenters. The van der Waals surface area contributed by atoms with Crippen LogP contribution in [0, 0.1) is 0 Å². The Kier molecular flexibility index (Phi) is 7.08. The van der Waals surface area contributed by atoms with Crippen molar-refractivity contribution in [2.75, 3.05) is 5.32 Å². The predicted molar refractivity (Wildman–Crippen MR) is 116 cm³/mol. The van der Waals surface area contributed by atoms with E-state index in [1.165, 1.54) is 36.5 Å². The Morgan fingerprint density at radius 1 is 0.781 bits per heavy atom. The van der Waals surface area contributed by atoms with Crippen LogP contribution < -0.4 is 5.32 Å². The molecular formula is C23H15BrF6N2. The summed E-state index contributed by atoms with van der Waals surface area (Å²) in [6.45, 7) is 0. The van der Waals surface area contributed by atoms with Gasteiger partial charge in [-0.05, 0) is 60.7 Å². The third-order valence-electron chi connectivity index (χ3n) is 4.27. The predicted octanol–water partition coefficient (Wildman–Crippen LogP) is 8.23. The molecule has 2 nitrogen and oxygen atoms in total. The Hall–Kier alpha value is -3.07. The molecule has 0 heterocycles. The van der Waals surface area contributed by atoms with E-state index >= 15 is 0 Å². The van der Waals surface area contributed by atoms with Gasteiger partial charge in [0.15, 0.2) is 0 Å². The van der Waals surface area contributed by atoms with Gasteiger partial charge in [-0.3, -0.25) is 0 Å². The number of nitrogens with zero attached hydrogens (tertiary/aromatic N) is 1. The van der Waals surface area contributed by atoms with E-state index in [4.69, 9.17) is 0 Å². The second kappa shape index (κ2) is 9.60. The molecule has 166 valence electrons. The van der Waals surface area contributed by atoms with Crippen LogP contribution in [0.3, 0.4) is 0 Å². The van der Waals surface area contributed by atoms with Crippen molar-refractivity contribution in [2.24, 2.45) is 4.99 Å². The number of hydrogen-bond donors (Lipinski definition) is 1. The highest BCUT2D eigenvalue weighted by Gasteiger charge is 2.30. The average Bonchev–Trinajstić information content (AvgIpc) is 2.73. The van der Waals surface area contributed by atoms with Gasteiger partial charge in [0.1, 0.15) is 0 Å². The van der Waals surface area contributed by atoms with Gasteiger partial charge in [0.2, 0.25) is 0 Å². The van der Waals surface area contributed by atoms with Crippen LogP contribution >= 0.6 is 15.9 Å². The number of allylic oxidation sites excluding steroid dienone is 1. The average molecular weight is 513 g/mol. The third-order valence-corrected chi connectivity index (χ3v) is 4.79. The van der Waals surface area contributed by atoms with Crippen molar-refractivity contribution in [2.45, 2.75) is 12.4 Å². The first kappa shape index (κ1) is 23.6. The van der Waals surface area contributed by atoms with E-state index in [2.05, 4.69) is 26.2 Å². The lowest BCUT2D eigenvalue weighted by Gasteiger charge is -2.09. The Labute approximate surface area is 188 Å². The molecule has 0 saturated heterocycles. The molecule has 0 amide bonds. The van der Waals surface area contributed by atoms with Crippen molar-refractivity contribution < 1.29 is 26.3 Å². The lowest BCUT2D eigenvalue weighted by atomic mass is 10.1. The second-order valence-corrected chi connectivity index (χ2v) is 7.52. The van der Waals surface area contributed by atoms with Crippen molar-refractivity contribution >= 4 is 33.0 Å². The maximum atomic E-state index is 12.9. The molecule has 3 aromatic carbocycles. The molecule has 0 spiro atoms. The summed E-state index contributed by atoms with van der Waals surface area (Å²) in [5.41, 5.74) is -0.00169. The highest BCUT2D eigenvalue weighted by molar-refractivity contribution is 9.10. The van der Waals surface area contributed by atoms with Crippen LogP contribution in [0.5, 0.6) is 0 Å². The zero-order chi connectivity index (χ0) is 23.4. The van der Waals surface area contributed by atoms with Gasteiger partial charge in [-0.1, -0.05) is 34.1 Å². The Balaban J connectivity index is 1.88. The largest absolute Gasteiger partial charge is 0.416 e. The molecule has 0 aliphatic carbocycles. The minimum absolute atomic E-state index is 0.223. The summed E-state index contributed by atoms with van der Waals surface area (Å²) in [5, 5.41) is 2.76. The quantitative estimate of drug-likeness (QED) is 0.270. The van der Waals surface area contributed by atoms with Crippen molar-refractivity contribution in [3.63, 3.8) is 0 Å². The fourth-order valence-corrected chi connectivity index (χ4v) is 2.95. The Morgan fingerprint density at radius 2 is 1.41 bits per heavy atom. The number of aliphatic imine (C=N–C) groups is 1. The molecule has 0 atom stereocenters.